The third-order valence-corrected chi connectivity index (χ3v) is 3.93. The highest BCUT2D eigenvalue weighted by Gasteiger charge is 2.25. The van der Waals surface area contributed by atoms with E-state index in [4.69, 9.17) is 14.2 Å². The molecule has 5 heteroatoms. The number of hydrogen-bond donors (Lipinski definition) is 2. The van der Waals surface area contributed by atoms with E-state index < -0.39 is 0 Å². The molecule has 2 aromatic rings. The van der Waals surface area contributed by atoms with Gasteiger partial charge in [0.15, 0.2) is 11.5 Å². The number of fused-ring (bicyclic) bond motifs is 1. The number of aromatic hydroxyl groups is 2. The Morgan fingerprint density at radius 3 is 2.50 bits per heavy atom. The molecule has 0 aromatic heterocycles. The highest BCUT2D eigenvalue weighted by atomic mass is 16.5. The third kappa shape index (κ3) is 2.50. The molecule has 5 nitrogen and oxygen atoms in total. The van der Waals surface area contributed by atoms with Gasteiger partial charge in [0.2, 0.25) is 0 Å². The average molecular weight is 302 g/mol. The van der Waals surface area contributed by atoms with Crippen LogP contribution >= 0.6 is 0 Å². The minimum Gasteiger partial charge on any atom is -0.508 e. The maximum atomic E-state index is 10.3. The van der Waals surface area contributed by atoms with E-state index in [2.05, 4.69) is 0 Å². The van der Waals surface area contributed by atoms with E-state index >= 15 is 0 Å². The van der Waals surface area contributed by atoms with Gasteiger partial charge in [-0.25, -0.2) is 0 Å². The quantitative estimate of drug-likeness (QED) is 0.912. The van der Waals surface area contributed by atoms with Gasteiger partial charge < -0.3 is 24.4 Å². The first-order valence-electron chi connectivity index (χ1n) is 7.02. The van der Waals surface area contributed by atoms with E-state index in [1.807, 2.05) is 6.07 Å². The summed E-state index contributed by atoms with van der Waals surface area (Å²) in [6.07, 6.45) is 0.721. The van der Waals surface area contributed by atoms with E-state index in [1.165, 1.54) is 7.11 Å². The molecule has 1 atom stereocenters. The van der Waals surface area contributed by atoms with Gasteiger partial charge in [-0.15, -0.1) is 0 Å². The fraction of sp³-hybridized carbons (Fsp3) is 0.294. The topological polar surface area (TPSA) is 68.2 Å². The van der Waals surface area contributed by atoms with Gasteiger partial charge in [-0.1, -0.05) is 6.07 Å². The molecule has 1 aliphatic heterocycles. The smallest absolute Gasteiger partial charge is 0.164 e. The van der Waals surface area contributed by atoms with Crippen molar-refractivity contribution in [3.63, 3.8) is 0 Å². The lowest BCUT2D eigenvalue weighted by Gasteiger charge is -2.26. The predicted molar refractivity (Wildman–Crippen MR) is 81.3 cm³/mol. The summed E-state index contributed by atoms with van der Waals surface area (Å²) in [5.74, 6) is 2.12. The monoisotopic (exact) mass is 302 g/mol. The van der Waals surface area contributed by atoms with Crippen LogP contribution in [0, 0.1) is 0 Å². The summed E-state index contributed by atoms with van der Waals surface area (Å²) < 4.78 is 16.2. The summed E-state index contributed by atoms with van der Waals surface area (Å²) in [6, 6.07) is 8.43. The van der Waals surface area contributed by atoms with Crippen LogP contribution in [0.3, 0.4) is 0 Å². The normalized spacial score (nSPS) is 16.5. The molecular weight excluding hydrogens is 284 g/mol. The Morgan fingerprint density at radius 1 is 1.05 bits per heavy atom. The molecule has 22 heavy (non-hydrogen) atoms. The van der Waals surface area contributed by atoms with Crippen molar-refractivity contribution in [1.82, 2.24) is 0 Å². The maximum absolute atomic E-state index is 10.3. The van der Waals surface area contributed by atoms with Crippen molar-refractivity contribution in [2.75, 3.05) is 20.8 Å². The van der Waals surface area contributed by atoms with Crippen molar-refractivity contribution in [3.8, 4) is 28.7 Å². The predicted octanol–water partition coefficient (Wildman–Crippen LogP) is 2.83. The molecule has 0 fully saturated rings. The van der Waals surface area contributed by atoms with Crippen molar-refractivity contribution in [3.05, 3.63) is 41.5 Å². The highest BCUT2D eigenvalue weighted by molar-refractivity contribution is 5.52. The van der Waals surface area contributed by atoms with Gasteiger partial charge in [0, 0.05) is 23.6 Å². The number of phenols is 2. The van der Waals surface area contributed by atoms with E-state index in [-0.39, 0.29) is 17.4 Å². The van der Waals surface area contributed by atoms with Gasteiger partial charge in [-0.05, 0) is 24.1 Å². The maximum Gasteiger partial charge on any atom is 0.164 e. The van der Waals surface area contributed by atoms with Crippen LogP contribution < -0.4 is 14.2 Å². The van der Waals surface area contributed by atoms with Crippen molar-refractivity contribution in [2.24, 2.45) is 0 Å². The number of rotatable bonds is 3. The van der Waals surface area contributed by atoms with Crippen molar-refractivity contribution in [2.45, 2.75) is 12.3 Å². The molecule has 0 unspecified atom stereocenters. The Hall–Kier alpha value is -2.56. The van der Waals surface area contributed by atoms with Crippen molar-refractivity contribution >= 4 is 0 Å². The van der Waals surface area contributed by atoms with Crippen LogP contribution in [0.25, 0.3) is 0 Å². The Morgan fingerprint density at radius 2 is 1.77 bits per heavy atom. The van der Waals surface area contributed by atoms with Crippen LogP contribution in [0.2, 0.25) is 0 Å². The largest absolute Gasteiger partial charge is 0.508 e. The van der Waals surface area contributed by atoms with Gasteiger partial charge >= 0.3 is 0 Å². The summed E-state index contributed by atoms with van der Waals surface area (Å²) in [5.41, 5.74) is 1.76. The van der Waals surface area contributed by atoms with Crippen LogP contribution in [0.5, 0.6) is 28.7 Å². The minimum absolute atomic E-state index is 0.0110. The Balaban J connectivity index is 1.94. The number of methoxy groups -OCH3 is 2. The fourth-order valence-corrected chi connectivity index (χ4v) is 2.77. The summed E-state index contributed by atoms with van der Waals surface area (Å²) in [6.45, 7) is 0.430. The molecule has 116 valence electrons. The summed E-state index contributed by atoms with van der Waals surface area (Å²) in [7, 11) is 3.09. The van der Waals surface area contributed by atoms with Gasteiger partial charge in [-0.3, -0.25) is 0 Å². The lowest BCUT2D eigenvalue weighted by atomic mass is 9.89. The number of benzene rings is 2. The first kappa shape index (κ1) is 14.4. The van der Waals surface area contributed by atoms with E-state index in [0.29, 0.717) is 23.9 Å². The summed E-state index contributed by atoms with van der Waals surface area (Å²) in [5, 5.41) is 19.7. The second-order valence-electron chi connectivity index (χ2n) is 5.27. The first-order chi connectivity index (χ1) is 10.6. The van der Waals surface area contributed by atoms with Gasteiger partial charge in [0.05, 0.1) is 20.8 Å². The SMILES string of the molecule is COc1cc(O)c([C@@H]2COc3cc(O)ccc3C2)cc1OC. The molecule has 0 radical (unpaired) electrons. The van der Waals surface area contributed by atoms with Gasteiger partial charge in [-0.2, -0.15) is 0 Å². The molecule has 0 saturated carbocycles. The van der Waals surface area contributed by atoms with E-state index in [0.717, 1.165) is 17.5 Å². The van der Waals surface area contributed by atoms with Crippen LogP contribution in [0.1, 0.15) is 17.0 Å². The lowest BCUT2D eigenvalue weighted by Crippen LogP contribution is -2.19. The highest BCUT2D eigenvalue weighted by Crippen LogP contribution is 2.41. The standard InChI is InChI=1S/C17H18O5/c1-20-16-7-13(14(19)8-17(16)21-2)11-5-10-3-4-12(18)6-15(10)22-9-11/h3-4,6-8,11,18-19H,5,9H2,1-2H3/t11-/m0/s1. The van der Waals surface area contributed by atoms with Gasteiger partial charge in [0.1, 0.15) is 17.2 Å². The zero-order valence-electron chi connectivity index (χ0n) is 12.5. The van der Waals surface area contributed by atoms with Crippen molar-refractivity contribution < 1.29 is 24.4 Å². The van der Waals surface area contributed by atoms with Crippen LogP contribution in [0.4, 0.5) is 0 Å². The van der Waals surface area contributed by atoms with E-state index in [1.54, 1.807) is 31.4 Å². The fourth-order valence-electron chi connectivity index (χ4n) is 2.77. The molecule has 0 amide bonds. The molecule has 2 aromatic carbocycles. The van der Waals surface area contributed by atoms with Gasteiger partial charge in [0.25, 0.3) is 0 Å². The molecule has 0 bridgehead atoms. The molecule has 2 N–H and O–H groups in total. The summed E-state index contributed by atoms with van der Waals surface area (Å²) in [4.78, 5) is 0. The molecule has 3 rings (SSSR count). The average Bonchev–Trinajstić information content (AvgIpc) is 2.54. The third-order valence-electron chi connectivity index (χ3n) is 3.93. The second-order valence-corrected chi connectivity index (χ2v) is 5.27. The minimum atomic E-state index is 0.0110. The zero-order valence-corrected chi connectivity index (χ0v) is 12.5. The van der Waals surface area contributed by atoms with Crippen LogP contribution in [0.15, 0.2) is 30.3 Å². The Labute approximate surface area is 128 Å². The second kappa shape index (κ2) is 5.67. The number of ether oxygens (including phenoxy) is 3. The molecule has 0 saturated heterocycles. The van der Waals surface area contributed by atoms with E-state index in [9.17, 15) is 10.2 Å². The molecular formula is C17H18O5. The molecule has 0 spiro atoms. The Kier molecular flexibility index (Phi) is 3.71. The summed E-state index contributed by atoms with van der Waals surface area (Å²) >= 11 is 0. The molecule has 1 heterocycles. The molecule has 0 aliphatic carbocycles. The van der Waals surface area contributed by atoms with Crippen LogP contribution in [-0.4, -0.2) is 31.0 Å². The van der Waals surface area contributed by atoms with Crippen molar-refractivity contribution in [1.29, 1.82) is 0 Å². The molecule has 1 aliphatic rings. The lowest BCUT2D eigenvalue weighted by molar-refractivity contribution is 0.257. The zero-order chi connectivity index (χ0) is 15.7. The number of phenolic OH excluding ortho intramolecular Hbond substituents is 2. The first-order valence-corrected chi connectivity index (χ1v) is 7.02. The number of hydrogen-bond acceptors (Lipinski definition) is 5. The Bertz CT molecular complexity index is 696. The van der Waals surface area contributed by atoms with Crippen LogP contribution in [-0.2, 0) is 6.42 Å².